The number of nitrogens with zero attached hydrogens (tertiary/aromatic N) is 2. The first-order valence-electron chi connectivity index (χ1n) is 12.9. The molecule has 5 rings (SSSR count). The fourth-order valence-electron chi connectivity index (χ4n) is 5.24. The van der Waals surface area contributed by atoms with Gasteiger partial charge in [-0.05, 0) is 60.2 Å². The van der Waals surface area contributed by atoms with E-state index in [0.29, 0.717) is 28.3 Å². The van der Waals surface area contributed by atoms with Crippen molar-refractivity contribution in [2.75, 3.05) is 0 Å². The summed E-state index contributed by atoms with van der Waals surface area (Å²) >= 11 is 12.8. The zero-order valence-electron chi connectivity index (χ0n) is 21.2. The lowest BCUT2D eigenvalue weighted by Crippen LogP contribution is -2.07. The lowest BCUT2D eigenvalue weighted by atomic mass is 9.98. The molecule has 0 amide bonds. The van der Waals surface area contributed by atoms with E-state index in [1.165, 1.54) is 12.8 Å². The number of hydrogen-bond donors (Lipinski definition) is 2. The molecule has 1 aliphatic carbocycles. The SMILES string of the molecule is C[C@@H](CC(=O)O)c1ccc(OCc2ccc3c(-c4cc(Cl)c(CO)c(Cl)c4)nn(C4CCCC4)c3c2)cc1. The van der Waals surface area contributed by atoms with Crippen molar-refractivity contribution >= 4 is 40.1 Å². The van der Waals surface area contributed by atoms with Gasteiger partial charge in [-0.25, -0.2) is 0 Å². The average Bonchev–Trinajstić information content (AvgIpc) is 3.55. The summed E-state index contributed by atoms with van der Waals surface area (Å²) in [7, 11) is 0. The van der Waals surface area contributed by atoms with Crippen molar-refractivity contribution in [2.24, 2.45) is 0 Å². The number of carboxylic acids is 1. The number of hydrogen-bond acceptors (Lipinski definition) is 4. The minimum atomic E-state index is -0.804. The minimum Gasteiger partial charge on any atom is -0.489 e. The molecule has 6 nitrogen and oxygen atoms in total. The summed E-state index contributed by atoms with van der Waals surface area (Å²) in [6, 6.07) is 17.8. The number of halogens is 2. The van der Waals surface area contributed by atoms with E-state index in [4.69, 9.17) is 38.1 Å². The molecule has 1 saturated carbocycles. The van der Waals surface area contributed by atoms with Crippen LogP contribution in [-0.2, 0) is 18.0 Å². The Morgan fingerprint density at radius 2 is 1.76 bits per heavy atom. The van der Waals surface area contributed by atoms with Crippen molar-refractivity contribution in [3.05, 3.63) is 81.3 Å². The topological polar surface area (TPSA) is 84.6 Å². The third-order valence-corrected chi connectivity index (χ3v) is 8.02. The van der Waals surface area contributed by atoms with Crippen molar-refractivity contribution in [1.29, 1.82) is 0 Å². The molecule has 0 unspecified atom stereocenters. The van der Waals surface area contributed by atoms with Crippen LogP contribution < -0.4 is 4.74 Å². The molecule has 4 aromatic rings. The zero-order valence-corrected chi connectivity index (χ0v) is 22.7. The maximum atomic E-state index is 11.0. The van der Waals surface area contributed by atoms with Gasteiger partial charge in [-0.15, -0.1) is 0 Å². The minimum absolute atomic E-state index is 0.0568. The Balaban J connectivity index is 1.43. The Hall–Kier alpha value is -3.06. The number of aliphatic hydroxyl groups excluding tert-OH is 1. The molecule has 1 heterocycles. The molecule has 3 aromatic carbocycles. The van der Waals surface area contributed by atoms with Gasteiger partial charge in [0.2, 0.25) is 0 Å². The molecule has 0 spiro atoms. The Morgan fingerprint density at radius 1 is 1.08 bits per heavy atom. The van der Waals surface area contributed by atoms with E-state index in [9.17, 15) is 9.90 Å². The van der Waals surface area contributed by atoms with Crippen LogP contribution in [0.15, 0.2) is 54.6 Å². The van der Waals surface area contributed by atoms with Gasteiger partial charge in [-0.2, -0.15) is 5.10 Å². The molecular formula is C30H30Cl2N2O4. The van der Waals surface area contributed by atoms with Crippen molar-refractivity contribution in [2.45, 2.75) is 64.2 Å². The number of aromatic nitrogens is 2. The van der Waals surface area contributed by atoms with Gasteiger partial charge in [-0.1, -0.05) is 67.2 Å². The Bertz CT molecular complexity index is 1440. The van der Waals surface area contributed by atoms with Crippen LogP contribution in [0.3, 0.4) is 0 Å². The van der Waals surface area contributed by atoms with Gasteiger partial charge in [-0.3, -0.25) is 9.48 Å². The predicted molar refractivity (Wildman–Crippen MR) is 150 cm³/mol. The van der Waals surface area contributed by atoms with Crippen LogP contribution in [0, 0.1) is 0 Å². The van der Waals surface area contributed by atoms with E-state index in [-0.39, 0.29) is 18.9 Å². The maximum Gasteiger partial charge on any atom is 0.303 e. The summed E-state index contributed by atoms with van der Waals surface area (Å²) in [6.07, 6.45) is 4.66. The van der Waals surface area contributed by atoms with E-state index >= 15 is 0 Å². The highest BCUT2D eigenvalue weighted by atomic mass is 35.5. The first kappa shape index (κ1) is 26.5. The number of aliphatic carboxylic acids is 1. The summed E-state index contributed by atoms with van der Waals surface area (Å²) in [6.45, 7) is 2.08. The molecule has 0 saturated heterocycles. The van der Waals surface area contributed by atoms with Crippen LogP contribution in [0.4, 0.5) is 0 Å². The molecule has 1 atom stereocenters. The number of carbonyl (C=O) groups is 1. The number of ether oxygens (including phenoxy) is 1. The smallest absolute Gasteiger partial charge is 0.303 e. The summed E-state index contributed by atoms with van der Waals surface area (Å²) < 4.78 is 8.21. The predicted octanol–water partition coefficient (Wildman–Crippen LogP) is 7.77. The summed E-state index contributed by atoms with van der Waals surface area (Å²) in [5.41, 5.74) is 5.20. The fraction of sp³-hybridized carbons (Fsp3) is 0.333. The van der Waals surface area contributed by atoms with Crippen molar-refractivity contribution < 1.29 is 19.7 Å². The Morgan fingerprint density at radius 3 is 2.39 bits per heavy atom. The first-order chi connectivity index (χ1) is 18.3. The second kappa shape index (κ2) is 11.4. The van der Waals surface area contributed by atoms with Crippen molar-refractivity contribution in [1.82, 2.24) is 9.78 Å². The molecular weight excluding hydrogens is 523 g/mol. The van der Waals surface area contributed by atoms with E-state index in [0.717, 1.165) is 51.9 Å². The third kappa shape index (κ3) is 5.53. The highest BCUT2D eigenvalue weighted by Gasteiger charge is 2.23. The standard InChI is InChI=1S/C30H30Cl2N2O4/c1-18(12-29(36)37)20-7-9-23(10-8-20)38-17-19-6-11-24-28(13-19)34(22-4-2-3-5-22)33-30(24)21-14-26(31)25(16-35)27(32)15-21/h6-11,13-15,18,22,35H,2-5,12,16-17H2,1H3,(H,36,37)/t18-/m0/s1. The van der Waals surface area contributed by atoms with Crippen LogP contribution in [0.1, 0.15) is 67.7 Å². The summed E-state index contributed by atoms with van der Waals surface area (Å²) in [5, 5.41) is 25.5. The number of rotatable bonds is 9. The van der Waals surface area contributed by atoms with Crippen LogP contribution in [0.25, 0.3) is 22.2 Å². The van der Waals surface area contributed by atoms with Gasteiger partial charge in [0.05, 0.1) is 24.6 Å². The molecule has 2 N–H and O–H groups in total. The van der Waals surface area contributed by atoms with Gasteiger partial charge < -0.3 is 14.9 Å². The van der Waals surface area contributed by atoms with Crippen LogP contribution in [-0.4, -0.2) is 26.0 Å². The second-order valence-electron chi connectivity index (χ2n) is 10.0. The molecule has 1 aromatic heterocycles. The molecule has 8 heteroatoms. The highest BCUT2D eigenvalue weighted by Crippen LogP contribution is 2.38. The van der Waals surface area contributed by atoms with Crippen molar-refractivity contribution in [3.8, 4) is 17.0 Å². The monoisotopic (exact) mass is 552 g/mol. The Kier molecular flexibility index (Phi) is 7.93. The number of fused-ring (bicyclic) bond motifs is 1. The second-order valence-corrected chi connectivity index (χ2v) is 10.8. The normalized spacial score (nSPS) is 14.7. The van der Waals surface area contributed by atoms with Gasteiger partial charge in [0.15, 0.2) is 0 Å². The van der Waals surface area contributed by atoms with Gasteiger partial charge in [0, 0.05) is 26.6 Å². The van der Waals surface area contributed by atoms with Crippen LogP contribution >= 0.6 is 23.2 Å². The van der Waals surface area contributed by atoms with Crippen molar-refractivity contribution in [3.63, 3.8) is 0 Å². The zero-order chi connectivity index (χ0) is 26.8. The molecule has 0 radical (unpaired) electrons. The summed E-state index contributed by atoms with van der Waals surface area (Å²) in [4.78, 5) is 11.0. The lowest BCUT2D eigenvalue weighted by molar-refractivity contribution is -0.137. The number of carboxylic acid groups (broad SMARTS) is 1. The van der Waals surface area contributed by atoms with E-state index < -0.39 is 5.97 Å². The van der Waals surface area contributed by atoms with Gasteiger partial charge in [0.25, 0.3) is 0 Å². The fourth-order valence-corrected chi connectivity index (χ4v) is 5.85. The quantitative estimate of drug-likeness (QED) is 0.221. The van der Waals surface area contributed by atoms with E-state index in [1.807, 2.05) is 49.4 Å². The highest BCUT2D eigenvalue weighted by molar-refractivity contribution is 6.36. The first-order valence-corrected chi connectivity index (χ1v) is 13.6. The van der Waals surface area contributed by atoms with Gasteiger partial charge >= 0.3 is 5.97 Å². The number of aliphatic hydroxyl groups is 1. The Labute approximate surface area is 231 Å². The average molecular weight is 553 g/mol. The van der Waals surface area contributed by atoms with Gasteiger partial charge in [0.1, 0.15) is 18.1 Å². The summed E-state index contributed by atoms with van der Waals surface area (Å²) in [5.74, 6) is -0.130. The van der Waals surface area contributed by atoms with E-state index in [1.54, 1.807) is 0 Å². The van der Waals surface area contributed by atoms with E-state index in [2.05, 4.69) is 16.8 Å². The largest absolute Gasteiger partial charge is 0.489 e. The molecule has 38 heavy (non-hydrogen) atoms. The molecule has 0 aliphatic heterocycles. The molecule has 1 fully saturated rings. The third-order valence-electron chi connectivity index (χ3n) is 7.35. The molecule has 198 valence electrons. The lowest BCUT2D eigenvalue weighted by Gasteiger charge is -2.13. The number of benzene rings is 3. The maximum absolute atomic E-state index is 11.0. The molecule has 1 aliphatic rings. The van der Waals surface area contributed by atoms with Crippen LogP contribution in [0.2, 0.25) is 10.0 Å². The van der Waals surface area contributed by atoms with Crippen LogP contribution in [0.5, 0.6) is 5.75 Å². The molecule has 0 bridgehead atoms.